The van der Waals surface area contributed by atoms with Crippen LogP contribution in [-0.2, 0) is 0 Å². The molecule has 2 nitrogen and oxygen atoms in total. The Kier molecular flexibility index (Phi) is 2.88. The fourth-order valence-corrected chi connectivity index (χ4v) is 0.731. The smallest absolute Gasteiger partial charge is 0.101 e. The van der Waals surface area contributed by atoms with E-state index >= 15 is 0 Å². The van der Waals surface area contributed by atoms with E-state index in [0.717, 1.165) is 6.54 Å². The SMILES string of the molecule is CCN(C)C(=N)C(C)(C)C. The summed E-state index contributed by atoms with van der Waals surface area (Å²) in [7, 11) is 1.95. The normalized spacial score (nSPS) is 11.3. The Morgan fingerprint density at radius 1 is 1.40 bits per heavy atom. The fraction of sp³-hybridized carbons (Fsp3) is 0.875. The zero-order valence-electron chi connectivity index (χ0n) is 7.65. The summed E-state index contributed by atoms with van der Waals surface area (Å²) >= 11 is 0. The summed E-state index contributed by atoms with van der Waals surface area (Å²) in [6.07, 6.45) is 0. The number of hydrogen-bond donors (Lipinski definition) is 1. The molecule has 0 bridgehead atoms. The third-order valence-electron chi connectivity index (χ3n) is 1.57. The minimum atomic E-state index is -0.00917. The average Bonchev–Trinajstić information content (AvgIpc) is 1.83. The second kappa shape index (κ2) is 3.04. The molecule has 0 aromatic carbocycles. The molecule has 0 amide bonds. The predicted molar refractivity (Wildman–Crippen MR) is 45.5 cm³/mol. The van der Waals surface area contributed by atoms with E-state index in [1.165, 1.54) is 0 Å². The molecule has 0 radical (unpaired) electrons. The summed E-state index contributed by atoms with van der Waals surface area (Å²) in [6, 6.07) is 0. The van der Waals surface area contributed by atoms with E-state index in [-0.39, 0.29) is 5.41 Å². The standard InChI is InChI=1S/C8H18N2/c1-6-10(5)7(9)8(2,3)4/h9H,6H2,1-5H3. The lowest BCUT2D eigenvalue weighted by atomic mass is 9.94. The predicted octanol–water partition coefficient (Wildman–Crippen LogP) is 1.96. The zero-order valence-corrected chi connectivity index (χ0v) is 7.65. The number of nitrogens with one attached hydrogen (secondary N) is 1. The summed E-state index contributed by atoms with van der Waals surface area (Å²) in [6.45, 7) is 9.14. The van der Waals surface area contributed by atoms with Gasteiger partial charge in [0.05, 0.1) is 0 Å². The van der Waals surface area contributed by atoms with Crippen LogP contribution in [0.1, 0.15) is 27.7 Å². The van der Waals surface area contributed by atoms with Gasteiger partial charge in [0.15, 0.2) is 0 Å². The van der Waals surface area contributed by atoms with E-state index in [4.69, 9.17) is 5.41 Å². The van der Waals surface area contributed by atoms with E-state index in [0.29, 0.717) is 5.84 Å². The van der Waals surface area contributed by atoms with E-state index < -0.39 is 0 Å². The van der Waals surface area contributed by atoms with Crippen molar-refractivity contribution in [2.45, 2.75) is 27.7 Å². The Balaban J connectivity index is 4.09. The Morgan fingerprint density at radius 2 is 1.80 bits per heavy atom. The molecule has 60 valence electrons. The zero-order chi connectivity index (χ0) is 8.36. The van der Waals surface area contributed by atoms with Gasteiger partial charge in [-0.1, -0.05) is 20.8 Å². The van der Waals surface area contributed by atoms with Gasteiger partial charge < -0.3 is 4.90 Å². The van der Waals surface area contributed by atoms with Gasteiger partial charge in [-0.2, -0.15) is 0 Å². The molecule has 0 aromatic heterocycles. The summed E-state index contributed by atoms with van der Waals surface area (Å²) in [5.74, 6) is 0.704. The molecule has 0 unspecified atom stereocenters. The third kappa shape index (κ3) is 2.38. The van der Waals surface area contributed by atoms with Crippen molar-refractivity contribution in [3.8, 4) is 0 Å². The van der Waals surface area contributed by atoms with Crippen LogP contribution in [0, 0.1) is 10.8 Å². The summed E-state index contributed by atoms with van der Waals surface area (Å²) in [5, 5.41) is 7.67. The molecule has 0 atom stereocenters. The molecule has 0 saturated carbocycles. The quantitative estimate of drug-likeness (QED) is 0.440. The van der Waals surface area contributed by atoms with Crippen molar-refractivity contribution in [2.75, 3.05) is 13.6 Å². The van der Waals surface area contributed by atoms with Crippen LogP contribution in [-0.4, -0.2) is 24.3 Å². The van der Waals surface area contributed by atoms with Crippen LogP contribution in [0.25, 0.3) is 0 Å². The van der Waals surface area contributed by atoms with Gasteiger partial charge in [0.25, 0.3) is 0 Å². The molecule has 0 aliphatic carbocycles. The minimum Gasteiger partial charge on any atom is -0.363 e. The maximum absolute atomic E-state index is 7.67. The second-order valence-electron chi connectivity index (χ2n) is 3.61. The molecular weight excluding hydrogens is 124 g/mol. The fourth-order valence-electron chi connectivity index (χ4n) is 0.731. The first-order valence-corrected chi connectivity index (χ1v) is 3.69. The molecule has 1 N–H and O–H groups in total. The summed E-state index contributed by atoms with van der Waals surface area (Å²) in [5.41, 5.74) is -0.00917. The van der Waals surface area contributed by atoms with Crippen molar-refractivity contribution >= 4 is 5.84 Å². The van der Waals surface area contributed by atoms with Gasteiger partial charge in [-0.25, -0.2) is 0 Å². The second-order valence-corrected chi connectivity index (χ2v) is 3.61. The highest BCUT2D eigenvalue weighted by atomic mass is 15.1. The van der Waals surface area contributed by atoms with Crippen molar-refractivity contribution in [2.24, 2.45) is 5.41 Å². The highest BCUT2D eigenvalue weighted by Gasteiger charge is 2.19. The van der Waals surface area contributed by atoms with Crippen LogP contribution < -0.4 is 0 Å². The Hall–Kier alpha value is -0.530. The average molecular weight is 142 g/mol. The lowest BCUT2D eigenvalue weighted by molar-refractivity contribution is 0.438. The largest absolute Gasteiger partial charge is 0.363 e. The molecule has 0 fully saturated rings. The van der Waals surface area contributed by atoms with E-state index in [1.807, 2.05) is 11.9 Å². The van der Waals surface area contributed by atoms with Gasteiger partial charge in [0, 0.05) is 19.0 Å². The lowest BCUT2D eigenvalue weighted by Gasteiger charge is -2.28. The Morgan fingerprint density at radius 3 is 1.90 bits per heavy atom. The molecule has 2 heteroatoms. The summed E-state index contributed by atoms with van der Waals surface area (Å²) in [4.78, 5) is 1.96. The molecule has 10 heavy (non-hydrogen) atoms. The molecule has 0 rings (SSSR count). The summed E-state index contributed by atoms with van der Waals surface area (Å²) < 4.78 is 0. The third-order valence-corrected chi connectivity index (χ3v) is 1.57. The maximum atomic E-state index is 7.67. The van der Waals surface area contributed by atoms with Crippen LogP contribution in [0.2, 0.25) is 0 Å². The number of amidine groups is 1. The first-order chi connectivity index (χ1) is 4.39. The van der Waals surface area contributed by atoms with E-state index in [9.17, 15) is 0 Å². The lowest BCUT2D eigenvalue weighted by Crippen LogP contribution is -2.35. The van der Waals surface area contributed by atoms with Crippen molar-refractivity contribution in [3.05, 3.63) is 0 Å². The molecule has 0 heterocycles. The highest BCUT2D eigenvalue weighted by Crippen LogP contribution is 2.16. The topological polar surface area (TPSA) is 27.1 Å². The Bertz CT molecular complexity index is 122. The van der Waals surface area contributed by atoms with Gasteiger partial charge >= 0.3 is 0 Å². The monoisotopic (exact) mass is 142 g/mol. The number of nitrogens with zero attached hydrogens (tertiary/aromatic N) is 1. The van der Waals surface area contributed by atoms with E-state index in [2.05, 4.69) is 27.7 Å². The molecule has 0 aliphatic rings. The van der Waals surface area contributed by atoms with Gasteiger partial charge in [-0.15, -0.1) is 0 Å². The van der Waals surface area contributed by atoms with Crippen LogP contribution >= 0.6 is 0 Å². The van der Waals surface area contributed by atoms with Crippen LogP contribution in [0.5, 0.6) is 0 Å². The minimum absolute atomic E-state index is 0.00917. The van der Waals surface area contributed by atoms with E-state index in [1.54, 1.807) is 0 Å². The number of hydrogen-bond acceptors (Lipinski definition) is 1. The Labute approximate surface area is 63.7 Å². The van der Waals surface area contributed by atoms with Gasteiger partial charge in [0.2, 0.25) is 0 Å². The maximum Gasteiger partial charge on any atom is 0.101 e. The highest BCUT2D eigenvalue weighted by molar-refractivity contribution is 5.83. The van der Waals surface area contributed by atoms with Crippen LogP contribution in [0.4, 0.5) is 0 Å². The van der Waals surface area contributed by atoms with Crippen molar-refractivity contribution in [1.29, 1.82) is 5.41 Å². The molecule has 0 spiro atoms. The molecule has 0 aliphatic heterocycles. The van der Waals surface area contributed by atoms with Gasteiger partial charge in [-0.3, -0.25) is 5.41 Å². The first kappa shape index (κ1) is 9.47. The van der Waals surface area contributed by atoms with Crippen LogP contribution in [0.15, 0.2) is 0 Å². The van der Waals surface area contributed by atoms with Crippen molar-refractivity contribution < 1.29 is 0 Å². The number of rotatable bonds is 1. The molecular formula is C8H18N2. The van der Waals surface area contributed by atoms with Crippen molar-refractivity contribution in [3.63, 3.8) is 0 Å². The first-order valence-electron chi connectivity index (χ1n) is 3.69. The van der Waals surface area contributed by atoms with Crippen molar-refractivity contribution in [1.82, 2.24) is 4.90 Å². The van der Waals surface area contributed by atoms with Crippen LogP contribution in [0.3, 0.4) is 0 Å². The molecule has 0 aromatic rings. The van der Waals surface area contributed by atoms with Gasteiger partial charge in [-0.05, 0) is 6.92 Å². The molecule has 0 saturated heterocycles. The van der Waals surface area contributed by atoms with Gasteiger partial charge in [0.1, 0.15) is 5.84 Å².